The number of benzene rings is 1. The highest BCUT2D eigenvalue weighted by molar-refractivity contribution is 5.99. The molecule has 33 heavy (non-hydrogen) atoms. The standard InChI is InChI=1S/C23H25F2N5O3/c1-3-23(33,22(25)4-6-29(2)7-5-22)15-8-16-19(17(24)9-15)21(32)30(20(16)31)13-18-27-11-14(10-26)12-28-18/h8-9,11-12,21,32-33H,3-7,13H2,1-2H3. The Labute approximate surface area is 190 Å². The number of amides is 1. The van der Waals surface area contributed by atoms with Gasteiger partial charge in [0.2, 0.25) is 0 Å². The third-order valence-electron chi connectivity index (χ3n) is 6.83. The molecule has 174 valence electrons. The van der Waals surface area contributed by atoms with Gasteiger partial charge in [-0.15, -0.1) is 0 Å². The minimum atomic E-state index is -1.99. The van der Waals surface area contributed by atoms with Gasteiger partial charge >= 0.3 is 0 Å². The van der Waals surface area contributed by atoms with Crippen molar-refractivity contribution in [2.24, 2.45) is 0 Å². The second-order valence-electron chi connectivity index (χ2n) is 8.71. The van der Waals surface area contributed by atoms with E-state index in [1.165, 1.54) is 18.5 Å². The molecule has 0 radical (unpaired) electrons. The van der Waals surface area contributed by atoms with E-state index in [0.717, 1.165) is 11.0 Å². The number of hydrogen-bond acceptors (Lipinski definition) is 7. The van der Waals surface area contributed by atoms with Gasteiger partial charge in [0, 0.05) is 31.0 Å². The molecular formula is C23H25F2N5O3. The first kappa shape index (κ1) is 23.2. The van der Waals surface area contributed by atoms with Crippen molar-refractivity contribution in [2.45, 2.75) is 50.2 Å². The van der Waals surface area contributed by atoms with Crippen LogP contribution >= 0.6 is 0 Å². The van der Waals surface area contributed by atoms with E-state index in [1.54, 1.807) is 6.92 Å². The van der Waals surface area contributed by atoms with Crippen molar-refractivity contribution in [2.75, 3.05) is 20.1 Å². The summed E-state index contributed by atoms with van der Waals surface area (Å²) in [6.45, 7) is 2.30. The zero-order valence-electron chi connectivity index (χ0n) is 18.4. The summed E-state index contributed by atoms with van der Waals surface area (Å²) in [6.07, 6.45) is 1.12. The second-order valence-corrected chi connectivity index (χ2v) is 8.71. The molecule has 10 heteroatoms. The number of alkyl halides is 1. The van der Waals surface area contributed by atoms with Crippen LogP contribution in [0.25, 0.3) is 0 Å². The molecule has 0 bridgehead atoms. The molecule has 2 N–H and O–H groups in total. The van der Waals surface area contributed by atoms with E-state index >= 15 is 8.78 Å². The third-order valence-corrected chi connectivity index (χ3v) is 6.83. The quantitative estimate of drug-likeness (QED) is 0.707. The average Bonchev–Trinajstić information content (AvgIpc) is 3.06. The Hall–Kier alpha value is -3.00. The van der Waals surface area contributed by atoms with Crippen molar-refractivity contribution in [1.82, 2.24) is 19.8 Å². The number of aliphatic hydroxyl groups is 2. The van der Waals surface area contributed by atoms with Crippen molar-refractivity contribution in [3.63, 3.8) is 0 Å². The fourth-order valence-electron chi connectivity index (χ4n) is 4.69. The normalized spacial score (nSPS) is 22.0. The highest BCUT2D eigenvalue weighted by Gasteiger charge is 2.53. The van der Waals surface area contributed by atoms with Gasteiger partial charge in [-0.25, -0.2) is 18.7 Å². The first-order valence-electron chi connectivity index (χ1n) is 10.8. The molecule has 2 aromatic rings. The first-order chi connectivity index (χ1) is 15.6. The van der Waals surface area contributed by atoms with Gasteiger partial charge < -0.3 is 20.0 Å². The van der Waals surface area contributed by atoms with Gasteiger partial charge in [-0.05, 0) is 44.0 Å². The van der Waals surface area contributed by atoms with Gasteiger partial charge in [-0.2, -0.15) is 5.26 Å². The van der Waals surface area contributed by atoms with E-state index < -0.39 is 29.2 Å². The lowest BCUT2D eigenvalue weighted by molar-refractivity contribution is -0.136. The van der Waals surface area contributed by atoms with E-state index in [4.69, 9.17) is 5.26 Å². The Morgan fingerprint density at radius 1 is 1.30 bits per heavy atom. The van der Waals surface area contributed by atoms with Crippen molar-refractivity contribution in [3.05, 3.63) is 58.4 Å². The topological polar surface area (TPSA) is 114 Å². The number of nitrogens with zero attached hydrogens (tertiary/aromatic N) is 5. The number of rotatable bonds is 5. The number of nitriles is 1. The predicted octanol–water partition coefficient (Wildman–Crippen LogP) is 2.17. The van der Waals surface area contributed by atoms with Crippen molar-refractivity contribution < 1.29 is 23.8 Å². The summed E-state index contributed by atoms with van der Waals surface area (Å²) in [5.41, 5.74) is -4.12. The fourth-order valence-corrected chi connectivity index (χ4v) is 4.69. The van der Waals surface area contributed by atoms with Gasteiger partial charge in [0.05, 0.1) is 17.7 Å². The Balaban J connectivity index is 1.68. The number of halogens is 2. The summed E-state index contributed by atoms with van der Waals surface area (Å²) in [6, 6.07) is 4.18. The maximum absolute atomic E-state index is 16.0. The molecule has 2 aliphatic rings. The molecular weight excluding hydrogens is 432 g/mol. The third kappa shape index (κ3) is 3.76. The van der Waals surface area contributed by atoms with Crippen LogP contribution in [-0.2, 0) is 12.1 Å². The zero-order valence-corrected chi connectivity index (χ0v) is 18.4. The number of likely N-dealkylation sites (tertiary alicyclic amines) is 1. The van der Waals surface area contributed by atoms with Gasteiger partial charge in [0.25, 0.3) is 5.91 Å². The van der Waals surface area contributed by atoms with Crippen LogP contribution in [0.4, 0.5) is 8.78 Å². The van der Waals surface area contributed by atoms with E-state index in [0.29, 0.717) is 13.1 Å². The molecule has 1 aromatic heterocycles. The average molecular weight is 457 g/mol. The van der Waals surface area contributed by atoms with Gasteiger partial charge in [-0.1, -0.05) is 6.92 Å². The fraction of sp³-hybridized carbons (Fsp3) is 0.478. The molecule has 1 amide bonds. The monoisotopic (exact) mass is 457 g/mol. The Morgan fingerprint density at radius 2 is 1.94 bits per heavy atom. The summed E-state index contributed by atoms with van der Waals surface area (Å²) >= 11 is 0. The van der Waals surface area contributed by atoms with E-state index in [-0.39, 0.29) is 53.9 Å². The minimum absolute atomic E-state index is 0.00895. The predicted molar refractivity (Wildman–Crippen MR) is 113 cm³/mol. The molecule has 2 atom stereocenters. The van der Waals surface area contributed by atoms with Crippen molar-refractivity contribution in [1.29, 1.82) is 5.26 Å². The molecule has 2 aliphatic heterocycles. The van der Waals surface area contributed by atoms with Crippen LogP contribution in [-0.4, -0.2) is 61.7 Å². The number of piperidine rings is 1. The molecule has 4 rings (SSSR count). The van der Waals surface area contributed by atoms with Crippen molar-refractivity contribution >= 4 is 5.91 Å². The molecule has 8 nitrogen and oxygen atoms in total. The maximum Gasteiger partial charge on any atom is 0.257 e. The number of aliphatic hydroxyl groups excluding tert-OH is 1. The molecule has 1 saturated heterocycles. The number of aromatic nitrogens is 2. The summed E-state index contributed by atoms with van der Waals surface area (Å²) in [7, 11) is 1.87. The molecule has 1 fully saturated rings. The highest BCUT2D eigenvalue weighted by Crippen LogP contribution is 2.47. The first-order valence-corrected chi connectivity index (χ1v) is 10.8. The van der Waals surface area contributed by atoms with Crippen molar-refractivity contribution in [3.8, 4) is 6.07 Å². The van der Waals surface area contributed by atoms with E-state index in [9.17, 15) is 15.0 Å². The van der Waals surface area contributed by atoms with Crippen LogP contribution in [0.15, 0.2) is 24.5 Å². The Kier molecular flexibility index (Phi) is 5.90. The summed E-state index contributed by atoms with van der Waals surface area (Å²) in [5.74, 6) is -1.41. The smallest absolute Gasteiger partial charge is 0.257 e. The van der Waals surface area contributed by atoms with Crippen LogP contribution in [0.2, 0.25) is 0 Å². The summed E-state index contributed by atoms with van der Waals surface area (Å²) in [4.78, 5) is 24.0. The van der Waals surface area contributed by atoms with E-state index in [2.05, 4.69) is 9.97 Å². The lowest BCUT2D eigenvalue weighted by atomic mass is 9.71. The van der Waals surface area contributed by atoms with Gasteiger partial charge in [0.15, 0.2) is 6.23 Å². The lowest BCUT2D eigenvalue weighted by Gasteiger charge is -2.45. The zero-order chi connectivity index (χ0) is 24.0. The van der Waals surface area contributed by atoms with E-state index in [1.807, 2.05) is 18.0 Å². The minimum Gasteiger partial charge on any atom is -0.382 e. The van der Waals surface area contributed by atoms with Crippen LogP contribution in [0.5, 0.6) is 0 Å². The number of carbonyl (C=O) groups excluding carboxylic acids is 1. The highest BCUT2D eigenvalue weighted by atomic mass is 19.1. The summed E-state index contributed by atoms with van der Waals surface area (Å²) in [5, 5.41) is 30.9. The summed E-state index contributed by atoms with van der Waals surface area (Å²) < 4.78 is 31.1. The van der Waals surface area contributed by atoms with Gasteiger partial charge in [0.1, 0.15) is 29.0 Å². The number of carbonyl (C=O) groups is 1. The largest absolute Gasteiger partial charge is 0.382 e. The number of fused-ring (bicyclic) bond motifs is 1. The number of hydrogen-bond donors (Lipinski definition) is 2. The Bertz CT molecular complexity index is 1110. The lowest BCUT2D eigenvalue weighted by Crippen LogP contribution is -2.54. The molecule has 0 aliphatic carbocycles. The Morgan fingerprint density at radius 3 is 2.52 bits per heavy atom. The molecule has 0 spiro atoms. The van der Waals surface area contributed by atoms with Crippen LogP contribution in [0.3, 0.4) is 0 Å². The van der Waals surface area contributed by atoms with Crippen LogP contribution in [0, 0.1) is 17.1 Å². The molecule has 0 saturated carbocycles. The second kappa shape index (κ2) is 8.41. The van der Waals surface area contributed by atoms with Crippen LogP contribution < -0.4 is 0 Å². The molecule has 2 unspecified atom stereocenters. The SMILES string of the molecule is CCC(O)(c1cc(F)c2c(c1)C(=O)N(Cc1ncc(C#N)cn1)C2O)C1(F)CCN(C)CC1. The molecule has 1 aromatic carbocycles. The molecule has 3 heterocycles. The van der Waals surface area contributed by atoms with Crippen LogP contribution in [0.1, 0.15) is 65.3 Å². The maximum atomic E-state index is 16.0. The van der Waals surface area contributed by atoms with Gasteiger partial charge in [-0.3, -0.25) is 4.79 Å².